The molecule has 1 aromatic carbocycles. The van der Waals surface area contributed by atoms with Crippen molar-refractivity contribution in [3.8, 4) is 0 Å². The maximum absolute atomic E-state index is 12.9. The van der Waals surface area contributed by atoms with Crippen LogP contribution < -0.4 is 0 Å². The van der Waals surface area contributed by atoms with Gasteiger partial charge >= 0.3 is 5.97 Å². The molecule has 0 radical (unpaired) electrons. The monoisotopic (exact) mass is 369 g/mol. The van der Waals surface area contributed by atoms with Crippen LogP contribution in [0.4, 0.5) is 0 Å². The summed E-state index contributed by atoms with van der Waals surface area (Å²) in [4.78, 5) is 25.6. The Labute approximate surface area is 159 Å². The Hall–Kier alpha value is -2.63. The normalized spacial score (nSPS) is 17.1. The van der Waals surface area contributed by atoms with E-state index in [9.17, 15) is 9.59 Å². The molecule has 1 N–H and O–H groups in total. The van der Waals surface area contributed by atoms with Crippen LogP contribution in [0.1, 0.15) is 53.0 Å². The maximum Gasteiger partial charge on any atom is 0.303 e. The zero-order valence-corrected chi connectivity index (χ0v) is 16.0. The molecular weight excluding hydrogens is 342 g/mol. The Bertz CT molecular complexity index is 828. The van der Waals surface area contributed by atoms with Gasteiger partial charge in [-0.05, 0) is 62.8 Å². The molecule has 6 nitrogen and oxygen atoms in total. The van der Waals surface area contributed by atoms with E-state index in [0.29, 0.717) is 25.1 Å². The van der Waals surface area contributed by atoms with Gasteiger partial charge in [-0.2, -0.15) is 5.10 Å². The van der Waals surface area contributed by atoms with Gasteiger partial charge in [0.15, 0.2) is 0 Å². The largest absolute Gasteiger partial charge is 0.481 e. The predicted molar refractivity (Wildman–Crippen MR) is 103 cm³/mol. The van der Waals surface area contributed by atoms with E-state index in [2.05, 4.69) is 5.10 Å². The second kappa shape index (κ2) is 8.37. The maximum atomic E-state index is 12.9. The van der Waals surface area contributed by atoms with Gasteiger partial charge in [-0.1, -0.05) is 12.1 Å². The van der Waals surface area contributed by atoms with Gasteiger partial charge in [0.25, 0.3) is 5.91 Å². The Morgan fingerprint density at radius 3 is 2.78 bits per heavy atom. The Balaban J connectivity index is 1.67. The Morgan fingerprint density at radius 2 is 2.07 bits per heavy atom. The number of nitrogens with zero attached hydrogens (tertiary/aromatic N) is 3. The second-order valence-electron chi connectivity index (χ2n) is 7.48. The minimum atomic E-state index is -0.768. The summed E-state index contributed by atoms with van der Waals surface area (Å²) < 4.78 is 1.95. The average Bonchev–Trinajstić information content (AvgIpc) is 2.97. The van der Waals surface area contributed by atoms with Crippen LogP contribution in [0.2, 0.25) is 0 Å². The van der Waals surface area contributed by atoms with E-state index in [0.717, 1.165) is 36.3 Å². The molecule has 0 saturated carbocycles. The lowest BCUT2D eigenvalue weighted by Crippen LogP contribution is -2.40. The number of rotatable bonds is 6. The van der Waals surface area contributed by atoms with E-state index in [4.69, 9.17) is 5.11 Å². The molecule has 1 aliphatic rings. The Kier molecular flexibility index (Phi) is 5.94. The third-order valence-corrected chi connectivity index (χ3v) is 5.18. The first-order valence-electron chi connectivity index (χ1n) is 9.53. The minimum absolute atomic E-state index is 0.0326. The first kappa shape index (κ1) is 19.1. The Morgan fingerprint density at radius 1 is 1.26 bits per heavy atom. The number of hydrogen-bond acceptors (Lipinski definition) is 3. The van der Waals surface area contributed by atoms with Crippen molar-refractivity contribution >= 4 is 11.9 Å². The molecule has 1 amide bonds. The topological polar surface area (TPSA) is 75.4 Å². The number of carbonyl (C=O) groups is 2. The van der Waals surface area contributed by atoms with Crippen molar-refractivity contribution in [3.63, 3.8) is 0 Å². The van der Waals surface area contributed by atoms with Gasteiger partial charge in [-0.15, -0.1) is 0 Å². The van der Waals surface area contributed by atoms with Crippen molar-refractivity contribution < 1.29 is 14.7 Å². The van der Waals surface area contributed by atoms with Crippen LogP contribution in [0, 0.1) is 19.8 Å². The summed E-state index contributed by atoms with van der Waals surface area (Å²) in [6, 6.07) is 9.77. The third kappa shape index (κ3) is 4.96. The molecule has 3 rings (SSSR count). The molecule has 1 saturated heterocycles. The summed E-state index contributed by atoms with van der Waals surface area (Å²) in [6.07, 6.45) is 2.73. The molecule has 27 heavy (non-hydrogen) atoms. The lowest BCUT2D eigenvalue weighted by atomic mass is 9.93. The standard InChI is InChI=1S/C21H27N3O3/c1-15-11-16(2)24(22-15)14-18-5-3-7-19(12-18)21(27)23-10-4-6-17(13-23)8-9-20(25)26/h3,5,7,11-12,17H,4,6,8-10,13-14H2,1-2H3,(H,25,26). The quantitative estimate of drug-likeness (QED) is 0.848. The molecule has 6 heteroatoms. The van der Waals surface area contributed by atoms with Crippen molar-refractivity contribution in [3.05, 3.63) is 52.8 Å². The van der Waals surface area contributed by atoms with Crippen molar-refractivity contribution in [2.45, 2.75) is 46.1 Å². The van der Waals surface area contributed by atoms with E-state index in [-0.39, 0.29) is 18.2 Å². The van der Waals surface area contributed by atoms with Gasteiger partial charge in [-0.25, -0.2) is 0 Å². The van der Waals surface area contributed by atoms with Crippen LogP contribution in [0.25, 0.3) is 0 Å². The number of aromatic nitrogens is 2. The SMILES string of the molecule is Cc1cc(C)n(Cc2cccc(C(=O)N3CCCC(CCC(=O)O)C3)c2)n1. The molecule has 1 atom stereocenters. The molecule has 144 valence electrons. The van der Waals surface area contributed by atoms with Gasteiger partial charge in [-0.3, -0.25) is 14.3 Å². The zero-order chi connectivity index (χ0) is 19.4. The zero-order valence-electron chi connectivity index (χ0n) is 16.0. The number of carbonyl (C=O) groups excluding carboxylic acids is 1. The molecule has 0 bridgehead atoms. The molecule has 1 fully saturated rings. The first-order chi connectivity index (χ1) is 12.9. The number of hydrogen-bond donors (Lipinski definition) is 1. The van der Waals surface area contributed by atoms with Gasteiger partial charge < -0.3 is 10.0 Å². The molecule has 0 aliphatic carbocycles. The van der Waals surface area contributed by atoms with Crippen molar-refractivity contribution in [2.24, 2.45) is 5.92 Å². The number of piperidine rings is 1. The van der Waals surface area contributed by atoms with E-state index < -0.39 is 5.97 Å². The van der Waals surface area contributed by atoms with Crippen LogP contribution in [-0.2, 0) is 11.3 Å². The second-order valence-corrected chi connectivity index (χ2v) is 7.48. The first-order valence-corrected chi connectivity index (χ1v) is 9.53. The van der Waals surface area contributed by atoms with Gasteiger partial charge in [0.1, 0.15) is 0 Å². The summed E-state index contributed by atoms with van der Waals surface area (Å²) in [5.74, 6) is -0.461. The number of aryl methyl sites for hydroxylation is 2. The average molecular weight is 369 g/mol. The van der Waals surface area contributed by atoms with Crippen molar-refractivity contribution in [1.82, 2.24) is 14.7 Å². The van der Waals surface area contributed by atoms with Crippen LogP contribution >= 0.6 is 0 Å². The summed E-state index contributed by atoms with van der Waals surface area (Å²) in [5, 5.41) is 13.4. The molecule has 2 heterocycles. The number of aliphatic carboxylic acids is 1. The molecule has 2 aromatic rings. The fourth-order valence-corrected chi connectivity index (χ4v) is 3.81. The fourth-order valence-electron chi connectivity index (χ4n) is 3.81. The molecule has 1 aromatic heterocycles. The van der Waals surface area contributed by atoms with E-state index in [1.54, 1.807) is 0 Å². The number of benzene rings is 1. The summed E-state index contributed by atoms with van der Waals surface area (Å²) in [6.45, 7) is 6.03. The van der Waals surface area contributed by atoms with Crippen LogP contribution in [0.3, 0.4) is 0 Å². The number of carboxylic acids is 1. The highest BCUT2D eigenvalue weighted by molar-refractivity contribution is 5.94. The minimum Gasteiger partial charge on any atom is -0.481 e. The van der Waals surface area contributed by atoms with Crippen LogP contribution in [0.15, 0.2) is 30.3 Å². The summed E-state index contributed by atoms with van der Waals surface area (Å²) >= 11 is 0. The van der Waals surface area contributed by atoms with E-state index >= 15 is 0 Å². The lowest BCUT2D eigenvalue weighted by molar-refractivity contribution is -0.137. The van der Waals surface area contributed by atoms with E-state index in [1.807, 2.05) is 53.8 Å². The molecular formula is C21H27N3O3. The summed E-state index contributed by atoms with van der Waals surface area (Å²) in [7, 11) is 0. The highest BCUT2D eigenvalue weighted by Gasteiger charge is 2.25. The van der Waals surface area contributed by atoms with Crippen LogP contribution in [0.5, 0.6) is 0 Å². The van der Waals surface area contributed by atoms with Crippen molar-refractivity contribution in [1.29, 1.82) is 0 Å². The number of carboxylic acid groups (broad SMARTS) is 1. The molecule has 0 spiro atoms. The number of likely N-dealkylation sites (tertiary alicyclic amines) is 1. The van der Waals surface area contributed by atoms with Gasteiger partial charge in [0, 0.05) is 30.8 Å². The smallest absolute Gasteiger partial charge is 0.303 e. The molecule has 1 unspecified atom stereocenters. The van der Waals surface area contributed by atoms with Gasteiger partial charge in [0.05, 0.1) is 12.2 Å². The van der Waals surface area contributed by atoms with Gasteiger partial charge in [0.2, 0.25) is 0 Å². The predicted octanol–water partition coefficient (Wildman–Crippen LogP) is 3.27. The van der Waals surface area contributed by atoms with Crippen molar-refractivity contribution in [2.75, 3.05) is 13.1 Å². The highest BCUT2D eigenvalue weighted by atomic mass is 16.4. The third-order valence-electron chi connectivity index (χ3n) is 5.18. The summed E-state index contributed by atoms with van der Waals surface area (Å²) in [5.41, 5.74) is 3.82. The lowest BCUT2D eigenvalue weighted by Gasteiger charge is -2.32. The fraction of sp³-hybridized carbons (Fsp3) is 0.476. The molecule has 1 aliphatic heterocycles. The number of amides is 1. The van der Waals surface area contributed by atoms with Crippen LogP contribution in [-0.4, -0.2) is 44.8 Å². The highest BCUT2D eigenvalue weighted by Crippen LogP contribution is 2.23. The van der Waals surface area contributed by atoms with E-state index in [1.165, 1.54) is 0 Å².